The summed E-state index contributed by atoms with van der Waals surface area (Å²) >= 11 is 3.48. The Morgan fingerprint density at radius 3 is 2.67 bits per heavy atom. The molecule has 0 unspecified atom stereocenters. The lowest BCUT2D eigenvalue weighted by Gasteiger charge is -2.06. The van der Waals surface area contributed by atoms with Crippen LogP contribution in [0.25, 0.3) is 5.69 Å². The quantitative estimate of drug-likeness (QED) is 0.696. The van der Waals surface area contributed by atoms with E-state index in [9.17, 15) is 0 Å². The Morgan fingerprint density at radius 2 is 1.90 bits per heavy atom. The number of halogens is 1. The van der Waals surface area contributed by atoms with E-state index in [2.05, 4.69) is 21.0 Å². The van der Waals surface area contributed by atoms with Gasteiger partial charge in [-0.3, -0.25) is 0 Å². The van der Waals surface area contributed by atoms with Gasteiger partial charge >= 0.3 is 0 Å². The summed E-state index contributed by atoms with van der Waals surface area (Å²) in [5, 5.41) is 4.52. The zero-order valence-corrected chi connectivity index (χ0v) is 13.2. The van der Waals surface area contributed by atoms with E-state index >= 15 is 0 Å². The van der Waals surface area contributed by atoms with Gasteiger partial charge in [-0.1, -0.05) is 34.1 Å². The zero-order chi connectivity index (χ0) is 14.7. The maximum absolute atomic E-state index is 5.78. The molecule has 0 spiro atoms. The van der Waals surface area contributed by atoms with E-state index in [4.69, 9.17) is 4.74 Å². The van der Waals surface area contributed by atoms with Gasteiger partial charge in [0, 0.05) is 10.7 Å². The minimum absolute atomic E-state index is 0.459. The normalized spacial score (nSPS) is 10.6. The molecule has 21 heavy (non-hydrogen) atoms. The highest BCUT2D eigenvalue weighted by Gasteiger charge is 2.03. The topological polar surface area (TPSA) is 27.1 Å². The average Bonchev–Trinajstić information content (AvgIpc) is 2.98. The van der Waals surface area contributed by atoms with Gasteiger partial charge in [0.2, 0.25) is 0 Å². The molecular weight excluding hydrogens is 328 g/mol. The van der Waals surface area contributed by atoms with Crippen molar-refractivity contribution in [3.8, 4) is 11.4 Å². The summed E-state index contributed by atoms with van der Waals surface area (Å²) in [7, 11) is 0. The molecule has 2 aromatic carbocycles. The molecule has 0 amide bonds. The molecule has 1 heterocycles. The summed E-state index contributed by atoms with van der Waals surface area (Å²) in [6.45, 7) is 2.50. The van der Waals surface area contributed by atoms with E-state index in [0.717, 1.165) is 27.2 Å². The molecule has 4 heteroatoms. The van der Waals surface area contributed by atoms with Gasteiger partial charge in [-0.25, -0.2) is 4.68 Å². The summed E-state index contributed by atoms with van der Waals surface area (Å²) in [5.41, 5.74) is 3.10. The van der Waals surface area contributed by atoms with Gasteiger partial charge in [-0.15, -0.1) is 0 Å². The highest BCUT2D eigenvalue weighted by Crippen LogP contribution is 2.22. The predicted octanol–water partition coefficient (Wildman–Crippen LogP) is 4.52. The van der Waals surface area contributed by atoms with Gasteiger partial charge in [-0.05, 0) is 48.9 Å². The SMILES string of the molecule is Cc1cc(OCc2ccn(-c3ccccc3)n2)ccc1Br. The summed E-state index contributed by atoms with van der Waals surface area (Å²) in [6, 6.07) is 18.0. The number of benzene rings is 2. The van der Waals surface area contributed by atoms with Gasteiger partial charge < -0.3 is 4.74 Å². The van der Waals surface area contributed by atoms with E-state index in [1.807, 2.05) is 72.4 Å². The molecule has 3 nitrogen and oxygen atoms in total. The van der Waals surface area contributed by atoms with Crippen molar-refractivity contribution in [1.29, 1.82) is 0 Å². The van der Waals surface area contributed by atoms with Crippen LogP contribution in [0.3, 0.4) is 0 Å². The second kappa shape index (κ2) is 6.14. The fraction of sp³-hybridized carbons (Fsp3) is 0.118. The Hall–Kier alpha value is -2.07. The Kier molecular flexibility index (Phi) is 4.06. The highest BCUT2D eigenvalue weighted by atomic mass is 79.9. The third-order valence-electron chi connectivity index (χ3n) is 3.18. The van der Waals surface area contributed by atoms with Crippen molar-refractivity contribution in [3.05, 3.63) is 76.5 Å². The number of ether oxygens (including phenoxy) is 1. The van der Waals surface area contributed by atoms with Crippen molar-refractivity contribution < 1.29 is 4.74 Å². The van der Waals surface area contributed by atoms with Crippen LogP contribution in [-0.4, -0.2) is 9.78 Å². The van der Waals surface area contributed by atoms with Gasteiger partial charge in [0.25, 0.3) is 0 Å². The first-order valence-electron chi connectivity index (χ1n) is 6.71. The van der Waals surface area contributed by atoms with Crippen LogP contribution < -0.4 is 4.74 Å². The fourth-order valence-electron chi connectivity index (χ4n) is 2.03. The second-order valence-corrected chi connectivity index (χ2v) is 5.64. The first-order valence-corrected chi connectivity index (χ1v) is 7.50. The molecule has 0 saturated carbocycles. The van der Waals surface area contributed by atoms with Crippen molar-refractivity contribution in [3.63, 3.8) is 0 Å². The minimum Gasteiger partial charge on any atom is -0.487 e. The Balaban J connectivity index is 1.69. The van der Waals surface area contributed by atoms with Crippen LogP contribution in [-0.2, 0) is 6.61 Å². The third kappa shape index (κ3) is 3.34. The molecule has 0 radical (unpaired) electrons. The van der Waals surface area contributed by atoms with Gasteiger partial charge in [-0.2, -0.15) is 5.10 Å². The standard InChI is InChI=1S/C17H15BrN2O/c1-13-11-16(7-8-17(13)18)21-12-14-9-10-20(19-14)15-5-3-2-4-6-15/h2-11H,12H2,1H3. The van der Waals surface area contributed by atoms with Crippen LogP contribution in [0, 0.1) is 6.92 Å². The first kappa shape index (κ1) is 13.9. The molecule has 3 rings (SSSR count). The average molecular weight is 343 g/mol. The van der Waals surface area contributed by atoms with Crippen molar-refractivity contribution >= 4 is 15.9 Å². The maximum Gasteiger partial charge on any atom is 0.132 e. The summed E-state index contributed by atoms with van der Waals surface area (Å²) in [4.78, 5) is 0. The fourth-order valence-corrected chi connectivity index (χ4v) is 2.27. The molecular formula is C17H15BrN2O. The molecule has 0 saturated heterocycles. The smallest absolute Gasteiger partial charge is 0.132 e. The van der Waals surface area contributed by atoms with Crippen molar-refractivity contribution in [2.45, 2.75) is 13.5 Å². The molecule has 0 bridgehead atoms. The molecule has 0 aliphatic carbocycles. The monoisotopic (exact) mass is 342 g/mol. The third-order valence-corrected chi connectivity index (χ3v) is 4.07. The van der Waals surface area contributed by atoms with E-state index < -0.39 is 0 Å². The van der Waals surface area contributed by atoms with Crippen LogP contribution in [0.15, 0.2) is 65.3 Å². The van der Waals surface area contributed by atoms with E-state index in [-0.39, 0.29) is 0 Å². The molecule has 0 fully saturated rings. The molecule has 0 atom stereocenters. The lowest BCUT2D eigenvalue weighted by atomic mass is 10.2. The number of rotatable bonds is 4. The molecule has 1 aromatic heterocycles. The number of aryl methyl sites for hydroxylation is 1. The zero-order valence-electron chi connectivity index (χ0n) is 11.7. The van der Waals surface area contributed by atoms with Gasteiger partial charge in [0.1, 0.15) is 18.1 Å². The first-order chi connectivity index (χ1) is 10.2. The van der Waals surface area contributed by atoms with Crippen LogP contribution in [0.1, 0.15) is 11.3 Å². The minimum atomic E-state index is 0.459. The molecule has 0 N–H and O–H groups in total. The lowest BCUT2D eigenvalue weighted by molar-refractivity contribution is 0.300. The highest BCUT2D eigenvalue weighted by molar-refractivity contribution is 9.10. The predicted molar refractivity (Wildman–Crippen MR) is 86.8 cm³/mol. The lowest BCUT2D eigenvalue weighted by Crippen LogP contribution is -1.99. The van der Waals surface area contributed by atoms with Crippen molar-refractivity contribution in [2.24, 2.45) is 0 Å². The van der Waals surface area contributed by atoms with Crippen molar-refractivity contribution in [2.75, 3.05) is 0 Å². The number of aromatic nitrogens is 2. The Labute approximate surface area is 132 Å². The van der Waals surface area contributed by atoms with Crippen LogP contribution >= 0.6 is 15.9 Å². The number of nitrogens with zero attached hydrogens (tertiary/aromatic N) is 2. The van der Waals surface area contributed by atoms with Gasteiger partial charge in [0.15, 0.2) is 0 Å². The molecule has 0 aliphatic rings. The number of hydrogen-bond acceptors (Lipinski definition) is 2. The van der Waals surface area contributed by atoms with Crippen LogP contribution in [0.2, 0.25) is 0 Å². The largest absolute Gasteiger partial charge is 0.487 e. The second-order valence-electron chi connectivity index (χ2n) is 4.79. The van der Waals surface area contributed by atoms with Crippen LogP contribution in [0.4, 0.5) is 0 Å². The summed E-state index contributed by atoms with van der Waals surface area (Å²) < 4.78 is 8.72. The van der Waals surface area contributed by atoms with E-state index in [0.29, 0.717) is 6.61 Å². The summed E-state index contributed by atoms with van der Waals surface area (Å²) in [5.74, 6) is 0.852. The number of hydrogen-bond donors (Lipinski definition) is 0. The van der Waals surface area contributed by atoms with Crippen molar-refractivity contribution in [1.82, 2.24) is 9.78 Å². The maximum atomic E-state index is 5.78. The van der Waals surface area contributed by atoms with Gasteiger partial charge in [0.05, 0.1) is 5.69 Å². The number of para-hydroxylation sites is 1. The molecule has 106 valence electrons. The Morgan fingerprint density at radius 1 is 1.10 bits per heavy atom. The Bertz CT molecular complexity index is 738. The van der Waals surface area contributed by atoms with Crippen LogP contribution in [0.5, 0.6) is 5.75 Å². The molecule has 0 aliphatic heterocycles. The summed E-state index contributed by atoms with van der Waals surface area (Å²) in [6.07, 6.45) is 1.95. The van der Waals surface area contributed by atoms with E-state index in [1.54, 1.807) is 0 Å². The van der Waals surface area contributed by atoms with E-state index in [1.165, 1.54) is 0 Å². The molecule has 3 aromatic rings.